The molecule has 219 valence electrons. The molecule has 0 saturated heterocycles. The van der Waals surface area contributed by atoms with Crippen LogP contribution >= 0.6 is 0 Å². The Labute approximate surface area is 241 Å². The molecule has 2 aromatic carbocycles. The Balaban J connectivity index is 2.41. The average Bonchev–Trinajstić information content (AvgIpc) is 2.83. The van der Waals surface area contributed by atoms with Gasteiger partial charge in [0.25, 0.3) is 0 Å². The molecule has 0 aliphatic heterocycles. The van der Waals surface area contributed by atoms with E-state index < -0.39 is 49.3 Å². The highest BCUT2D eigenvalue weighted by Crippen LogP contribution is 2.43. The fourth-order valence-corrected chi connectivity index (χ4v) is 5.75. The first-order valence-corrected chi connectivity index (χ1v) is 15.9. The van der Waals surface area contributed by atoms with Gasteiger partial charge in [0.1, 0.15) is 23.0 Å². The van der Waals surface area contributed by atoms with Gasteiger partial charge in [-0.25, -0.2) is 18.0 Å². The molecular weight excluding hydrogens is 547 g/mol. The molecule has 2 atom stereocenters. The molecule has 9 heteroatoms. The number of carbonyl (C=O) groups excluding carboxylic acids is 1. The van der Waals surface area contributed by atoms with Crippen molar-refractivity contribution in [2.24, 2.45) is 10.8 Å². The molecule has 1 radical (unpaired) electrons. The number of rotatable bonds is 6. The summed E-state index contributed by atoms with van der Waals surface area (Å²) >= 11 is 0. The van der Waals surface area contributed by atoms with E-state index in [1.807, 2.05) is 33.9 Å². The number of halogens is 3. The normalized spacial score (nSPS) is 13.6. The van der Waals surface area contributed by atoms with Gasteiger partial charge in [-0.05, 0) is 55.1 Å². The second-order valence-electron chi connectivity index (χ2n) is 12.3. The van der Waals surface area contributed by atoms with Gasteiger partial charge in [0.15, 0.2) is 0 Å². The number of nitrogens with zero attached hydrogens (tertiary/aromatic N) is 1. The quantitative estimate of drug-likeness (QED) is 0.174. The van der Waals surface area contributed by atoms with Crippen LogP contribution in [0, 0.1) is 40.1 Å². The van der Waals surface area contributed by atoms with Gasteiger partial charge in [0.05, 0.1) is 35.4 Å². The molecule has 3 rings (SSSR count). The van der Waals surface area contributed by atoms with Crippen molar-refractivity contribution < 1.29 is 27.1 Å². The van der Waals surface area contributed by atoms with Crippen LogP contribution in [-0.2, 0) is 9.16 Å². The number of aromatic nitrogens is 1. The Morgan fingerprint density at radius 2 is 1.56 bits per heavy atom. The fourth-order valence-electron chi connectivity index (χ4n) is 4.76. The minimum absolute atomic E-state index is 0.0567. The summed E-state index contributed by atoms with van der Waals surface area (Å²) in [5.41, 5.74) is -1.69. The number of esters is 1. The number of hydrogen-bond acceptors (Lipinski definition) is 4. The minimum atomic E-state index is -1.19. The lowest BCUT2D eigenvalue weighted by molar-refractivity contribution is -0.00443. The SMILES string of the molecule is CCOC(=O)c1cn([C@H](C(O[Si](C)C)C(C)(C)C)C(C)(C)C)c2cc(F)c(C#Cc3ccc(F)cc3F)cc2c1=O. The first kappa shape index (κ1) is 32.2. The molecule has 0 spiro atoms. The van der Waals surface area contributed by atoms with Crippen LogP contribution in [0.5, 0.6) is 0 Å². The predicted molar refractivity (Wildman–Crippen MR) is 157 cm³/mol. The summed E-state index contributed by atoms with van der Waals surface area (Å²) in [6, 6.07) is 4.93. The maximum Gasteiger partial charge on any atom is 0.343 e. The maximum absolute atomic E-state index is 15.6. The molecule has 0 aliphatic rings. The number of pyridine rings is 1. The Morgan fingerprint density at radius 1 is 0.951 bits per heavy atom. The molecule has 0 aliphatic carbocycles. The van der Waals surface area contributed by atoms with Crippen LogP contribution in [0.15, 0.2) is 41.3 Å². The van der Waals surface area contributed by atoms with Gasteiger partial charge in [-0.2, -0.15) is 0 Å². The number of ether oxygens (including phenoxy) is 1. The zero-order chi connectivity index (χ0) is 30.9. The lowest BCUT2D eigenvalue weighted by Crippen LogP contribution is -2.46. The van der Waals surface area contributed by atoms with Crippen LogP contribution in [0.25, 0.3) is 10.9 Å². The molecule has 5 nitrogen and oxygen atoms in total. The highest BCUT2D eigenvalue weighted by Gasteiger charge is 2.42. The van der Waals surface area contributed by atoms with E-state index in [1.165, 1.54) is 18.3 Å². The van der Waals surface area contributed by atoms with Gasteiger partial charge in [0.2, 0.25) is 14.5 Å². The average molecular weight is 585 g/mol. The zero-order valence-electron chi connectivity index (χ0n) is 25.0. The molecular formula is C32H37F3NO4Si. The molecule has 1 heterocycles. The van der Waals surface area contributed by atoms with E-state index in [-0.39, 0.29) is 45.7 Å². The van der Waals surface area contributed by atoms with Crippen molar-refractivity contribution in [3.63, 3.8) is 0 Å². The number of carbonyl (C=O) groups is 1. The highest BCUT2D eigenvalue weighted by atomic mass is 28.3. The molecule has 0 amide bonds. The third-order valence-electron chi connectivity index (χ3n) is 6.57. The first-order valence-electron chi connectivity index (χ1n) is 13.4. The Bertz CT molecular complexity index is 1570. The smallest absolute Gasteiger partial charge is 0.343 e. The van der Waals surface area contributed by atoms with Crippen LogP contribution in [0.2, 0.25) is 13.1 Å². The van der Waals surface area contributed by atoms with E-state index in [9.17, 15) is 18.4 Å². The molecule has 3 aromatic rings. The summed E-state index contributed by atoms with van der Waals surface area (Å²) in [5, 5.41) is 0.0567. The summed E-state index contributed by atoms with van der Waals surface area (Å²) in [6.07, 6.45) is 1.08. The summed E-state index contributed by atoms with van der Waals surface area (Å²) in [7, 11) is -1.19. The van der Waals surface area contributed by atoms with Gasteiger partial charge < -0.3 is 13.7 Å². The van der Waals surface area contributed by atoms with E-state index in [1.54, 1.807) is 11.5 Å². The van der Waals surface area contributed by atoms with Crippen molar-refractivity contribution in [2.75, 3.05) is 6.61 Å². The summed E-state index contributed by atoms with van der Waals surface area (Å²) in [4.78, 5) is 26.6. The third kappa shape index (κ3) is 7.30. The lowest BCUT2D eigenvalue weighted by Gasteiger charge is -2.46. The molecule has 0 bridgehead atoms. The summed E-state index contributed by atoms with van der Waals surface area (Å²) in [5.74, 6) is 1.89. The zero-order valence-corrected chi connectivity index (χ0v) is 26.0. The maximum atomic E-state index is 15.6. The van der Waals surface area contributed by atoms with Gasteiger partial charge in [-0.3, -0.25) is 4.79 Å². The van der Waals surface area contributed by atoms with E-state index >= 15 is 4.39 Å². The lowest BCUT2D eigenvalue weighted by atomic mass is 9.74. The fraction of sp³-hybridized carbons (Fsp3) is 0.438. The van der Waals surface area contributed by atoms with E-state index in [0.29, 0.717) is 6.07 Å². The standard InChI is InChI=1S/C32H37F3NO4Si/c1-10-39-30(38)23-18-36(28(31(2,3)4)29(32(5,6)7)40-41(8)9)26-17-25(35)20(15-22(26)27(23)37)12-11-19-13-14-21(33)16-24(19)34/h13-18,28-29H,10H2,1-9H3/t28-,29?/m1/s1. The number of hydrogen-bond donors (Lipinski definition) is 0. The van der Waals surface area contributed by atoms with Gasteiger partial charge in [-0.1, -0.05) is 53.4 Å². The summed E-state index contributed by atoms with van der Waals surface area (Å²) in [6.45, 7) is 18.0. The molecule has 1 unspecified atom stereocenters. The van der Waals surface area contributed by atoms with E-state index in [0.717, 1.165) is 12.1 Å². The Hall–Kier alpha value is -3.35. The first-order chi connectivity index (χ1) is 18.9. The van der Waals surface area contributed by atoms with Gasteiger partial charge in [0, 0.05) is 17.6 Å². The largest absolute Gasteiger partial charge is 0.462 e. The van der Waals surface area contributed by atoms with Crippen molar-refractivity contribution in [3.8, 4) is 11.8 Å². The topological polar surface area (TPSA) is 57.5 Å². The van der Waals surface area contributed by atoms with Crippen LogP contribution in [0.4, 0.5) is 13.2 Å². The van der Waals surface area contributed by atoms with Gasteiger partial charge >= 0.3 is 5.97 Å². The number of fused-ring (bicyclic) bond motifs is 1. The molecule has 0 saturated carbocycles. The monoisotopic (exact) mass is 584 g/mol. The van der Waals surface area contributed by atoms with E-state index in [4.69, 9.17) is 9.16 Å². The Morgan fingerprint density at radius 3 is 2.10 bits per heavy atom. The van der Waals surface area contributed by atoms with Crippen molar-refractivity contribution in [1.82, 2.24) is 4.57 Å². The second kappa shape index (κ2) is 12.3. The molecule has 0 fully saturated rings. The molecule has 0 N–H and O–H groups in total. The van der Waals surface area contributed by atoms with Crippen molar-refractivity contribution in [3.05, 3.63) is 80.9 Å². The van der Waals surface area contributed by atoms with Crippen LogP contribution in [-0.4, -0.2) is 32.3 Å². The predicted octanol–water partition coefficient (Wildman–Crippen LogP) is 7.26. The molecule has 41 heavy (non-hydrogen) atoms. The van der Waals surface area contributed by atoms with Crippen molar-refractivity contribution >= 4 is 25.9 Å². The van der Waals surface area contributed by atoms with Gasteiger partial charge in [-0.15, -0.1) is 0 Å². The Kier molecular flexibility index (Phi) is 9.61. The van der Waals surface area contributed by atoms with E-state index in [2.05, 4.69) is 32.6 Å². The second-order valence-corrected chi connectivity index (χ2v) is 14.4. The van der Waals surface area contributed by atoms with Crippen molar-refractivity contribution in [2.45, 2.75) is 73.7 Å². The van der Waals surface area contributed by atoms with Crippen LogP contribution < -0.4 is 5.43 Å². The minimum Gasteiger partial charge on any atom is -0.462 e. The van der Waals surface area contributed by atoms with Crippen molar-refractivity contribution in [1.29, 1.82) is 0 Å². The number of benzene rings is 2. The molecule has 1 aromatic heterocycles. The summed E-state index contributed by atoms with van der Waals surface area (Å²) < 4.78 is 56.6. The van der Waals surface area contributed by atoms with Crippen LogP contribution in [0.3, 0.4) is 0 Å². The van der Waals surface area contributed by atoms with Crippen LogP contribution in [0.1, 0.15) is 76.0 Å². The third-order valence-corrected chi connectivity index (χ3v) is 7.29. The highest BCUT2D eigenvalue weighted by molar-refractivity contribution is 6.48.